The van der Waals surface area contributed by atoms with E-state index in [1.54, 1.807) is 6.92 Å². The highest BCUT2D eigenvalue weighted by Gasteiger charge is 2.22. The summed E-state index contributed by atoms with van der Waals surface area (Å²) in [6, 6.07) is 3.65. The molecule has 0 aliphatic rings. The van der Waals surface area contributed by atoms with Crippen molar-refractivity contribution in [3.8, 4) is 0 Å². The van der Waals surface area contributed by atoms with Gasteiger partial charge >= 0.3 is 0 Å². The summed E-state index contributed by atoms with van der Waals surface area (Å²) in [6.45, 7) is 1.69. The molecule has 92 valence electrons. The van der Waals surface area contributed by atoms with Gasteiger partial charge in [0, 0.05) is 7.05 Å². The molecule has 0 aliphatic heterocycles. The number of amides is 1. The van der Waals surface area contributed by atoms with Crippen LogP contribution in [0.1, 0.15) is 17.3 Å². The molecule has 1 unspecified atom stereocenters. The number of rotatable bonds is 3. The topological polar surface area (TPSA) is 46.3 Å². The van der Waals surface area contributed by atoms with Crippen molar-refractivity contribution in [2.75, 3.05) is 7.05 Å². The summed E-state index contributed by atoms with van der Waals surface area (Å²) in [6.07, 6.45) is 0. The molecule has 0 aliphatic carbocycles. The van der Waals surface area contributed by atoms with E-state index in [2.05, 4.69) is 0 Å². The minimum atomic E-state index is -0.631. The molecule has 1 rings (SSSR count). The van der Waals surface area contributed by atoms with E-state index in [4.69, 9.17) is 29.6 Å². The Morgan fingerprint density at radius 3 is 2.71 bits per heavy atom. The maximum Gasteiger partial charge on any atom is 0.255 e. The van der Waals surface area contributed by atoms with E-state index in [1.807, 2.05) is 0 Å². The first-order valence-corrected chi connectivity index (χ1v) is 5.65. The highest BCUT2D eigenvalue weighted by molar-refractivity contribution is 7.80. The zero-order valence-corrected chi connectivity index (χ0v) is 11.0. The van der Waals surface area contributed by atoms with Gasteiger partial charge in [0.1, 0.15) is 5.82 Å². The Labute approximate surface area is 109 Å². The van der Waals surface area contributed by atoms with Gasteiger partial charge in [0.05, 0.1) is 21.6 Å². The SMILES string of the molecule is CC(C(N)=S)N(C)C(=O)c1cccc(F)c1Cl. The van der Waals surface area contributed by atoms with E-state index in [9.17, 15) is 9.18 Å². The highest BCUT2D eigenvalue weighted by Crippen LogP contribution is 2.21. The first kappa shape index (κ1) is 13.9. The normalized spacial score (nSPS) is 12.0. The lowest BCUT2D eigenvalue weighted by Gasteiger charge is -2.24. The fraction of sp³-hybridized carbons (Fsp3) is 0.273. The van der Waals surface area contributed by atoms with Gasteiger partial charge in [0.25, 0.3) is 5.91 Å². The van der Waals surface area contributed by atoms with Gasteiger partial charge in [0.15, 0.2) is 0 Å². The Hall–Kier alpha value is -1.20. The summed E-state index contributed by atoms with van der Waals surface area (Å²) < 4.78 is 13.2. The Balaban J connectivity index is 3.05. The molecule has 3 nitrogen and oxygen atoms in total. The van der Waals surface area contributed by atoms with E-state index in [1.165, 1.54) is 30.1 Å². The molecule has 2 N–H and O–H groups in total. The van der Waals surface area contributed by atoms with Crippen LogP contribution >= 0.6 is 23.8 Å². The average Bonchev–Trinajstić information content (AvgIpc) is 2.29. The van der Waals surface area contributed by atoms with Crippen molar-refractivity contribution in [3.05, 3.63) is 34.6 Å². The van der Waals surface area contributed by atoms with Gasteiger partial charge in [-0.05, 0) is 19.1 Å². The Kier molecular flexibility index (Phi) is 4.42. The van der Waals surface area contributed by atoms with E-state index >= 15 is 0 Å². The lowest BCUT2D eigenvalue weighted by atomic mass is 10.1. The Morgan fingerprint density at radius 1 is 1.59 bits per heavy atom. The van der Waals surface area contributed by atoms with Crippen molar-refractivity contribution in [2.45, 2.75) is 13.0 Å². The number of thiocarbonyl (C=S) groups is 1. The molecule has 6 heteroatoms. The van der Waals surface area contributed by atoms with Gasteiger partial charge in [-0.2, -0.15) is 0 Å². The summed E-state index contributed by atoms with van der Waals surface area (Å²) in [4.78, 5) is 13.5. The van der Waals surface area contributed by atoms with Crippen LogP contribution in [0, 0.1) is 5.82 Å². The zero-order chi connectivity index (χ0) is 13.2. The molecule has 0 heterocycles. The lowest BCUT2D eigenvalue weighted by Crippen LogP contribution is -2.42. The van der Waals surface area contributed by atoms with Gasteiger partial charge in [-0.25, -0.2) is 4.39 Å². The number of carbonyl (C=O) groups excluding carboxylic acids is 1. The van der Waals surface area contributed by atoms with E-state index < -0.39 is 17.8 Å². The smallest absolute Gasteiger partial charge is 0.255 e. The quantitative estimate of drug-likeness (QED) is 0.860. The molecule has 0 saturated carbocycles. The largest absolute Gasteiger partial charge is 0.392 e. The predicted octanol–water partition coefficient (Wildman–Crippen LogP) is 2.23. The molecule has 0 saturated heterocycles. The number of nitrogens with zero attached hydrogens (tertiary/aromatic N) is 1. The first-order chi connectivity index (χ1) is 7.86. The predicted molar refractivity (Wildman–Crippen MR) is 69.8 cm³/mol. The van der Waals surface area contributed by atoms with Crippen LogP contribution in [-0.2, 0) is 0 Å². The van der Waals surface area contributed by atoms with E-state index in [0.717, 1.165) is 0 Å². The third-order valence-electron chi connectivity index (χ3n) is 2.50. The summed E-state index contributed by atoms with van der Waals surface area (Å²) in [5.41, 5.74) is 5.55. The van der Waals surface area contributed by atoms with Gasteiger partial charge in [-0.15, -0.1) is 0 Å². The molecule has 1 atom stereocenters. The Morgan fingerprint density at radius 2 is 2.18 bits per heavy atom. The summed E-state index contributed by atoms with van der Waals surface area (Å²) in [7, 11) is 1.54. The van der Waals surface area contributed by atoms with Crippen molar-refractivity contribution in [3.63, 3.8) is 0 Å². The second-order valence-corrected chi connectivity index (χ2v) is 4.45. The van der Waals surface area contributed by atoms with Gasteiger partial charge in [-0.1, -0.05) is 29.9 Å². The van der Waals surface area contributed by atoms with Crippen molar-refractivity contribution < 1.29 is 9.18 Å². The van der Waals surface area contributed by atoms with Crippen molar-refractivity contribution in [1.29, 1.82) is 0 Å². The molecule has 0 bridgehead atoms. The molecule has 1 aromatic carbocycles. The van der Waals surface area contributed by atoms with Gasteiger partial charge in [0.2, 0.25) is 0 Å². The van der Waals surface area contributed by atoms with Crippen molar-refractivity contribution >= 4 is 34.7 Å². The fourth-order valence-corrected chi connectivity index (χ4v) is 1.59. The summed E-state index contributed by atoms with van der Waals surface area (Å²) in [5, 5.41) is -0.195. The van der Waals surface area contributed by atoms with E-state index in [0.29, 0.717) is 0 Å². The standard InChI is InChI=1S/C11H12ClFN2OS/c1-6(10(14)17)15(2)11(16)7-4-3-5-8(13)9(7)12/h3-6H,1-2H3,(H2,14,17). The van der Waals surface area contributed by atoms with Crippen molar-refractivity contribution in [1.82, 2.24) is 4.90 Å². The minimum absolute atomic E-state index is 0.0947. The van der Waals surface area contributed by atoms with Crippen LogP contribution in [0.15, 0.2) is 18.2 Å². The monoisotopic (exact) mass is 274 g/mol. The highest BCUT2D eigenvalue weighted by atomic mass is 35.5. The Bertz CT molecular complexity index is 467. The second kappa shape index (κ2) is 5.42. The third-order valence-corrected chi connectivity index (χ3v) is 3.22. The number of carbonyl (C=O) groups is 1. The molecule has 17 heavy (non-hydrogen) atoms. The van der Waals surface area contributed by atoms with Crippen LogP contribution in [0.25, 0.3) is 0 Å². The number of benzene rings is 1. The third kappa shape index (κ3) is 2.92. The van der Waals surface area contributed by atoms with Crippen LogP contribution < -0.4 is 5.73 Å². The number of likely N-dealkylation sites (N-methyl/N-ethyl adjacent to an activating group) is 1. The zero-order valence-electron chi connectivity index (χ0n) is 9.41. The lowest BCUT2D eigenvalue weighted by molar-refractivity contribution is 0.0778. The molecule has 1 aromatic rings. The minimum Gasteiger partial charge on any atom is -0.392 e. The molecule has 0 radical (unpaired) electrons. The molecule has 0 aromatic heterocycles. The van der Waals surface area contributed by atoms with Crippen LogP contribution in [-0.4, -0.2) is 28.9 Å². The van der Waals surface area contributed by atoms with Crippen LogP contribution in [0.3, 0.4) is 0 Å². The van der Waals surface area contributed by atoms with E-state index in [-0.39, 0.29) is 15.6 Å². The van der Waals surface area contributed by atoms with Crippen molar-refractivity contribution in [2.24, 2.45) is 5.73 Å². The molecule has 0 fully saturated rings. The average molecular weight is 275 g/mol. The van der Waals surface area contributed by atoms with Gasteiger partial charge in [-0.3, -0.25) is 4.79 Å². The number of hydrogen-bond donors (Lipinski definition) is 1. The maximum absolute atomic E-state index is 13.2. The molecular formula is C11H12ClFN2OS. The number of hydrogen-bond acceptors (Lipinski definition) is 2. The van der Waals surface area contributed by atoms with Gasteiger partial charge < -0.3 is 10.6 Å². The number of halogens is 2. The number of nitrogens with two attached hydrogens (primary N) is 1. The first-order valence-electron chi connectivity index (χ1n) is 4.86. The van der Waals surface area contributed by atoms with Crippen LogP contribution in [0.5, 0.6) is 0 Å². The maximum atomic E-state index is 13.2. The molecular weight excluding hydrogens is 263 g/mol. The summed E-state index contributed by atoms with van der Waals surface area (Å²) in [5.74, 6) is -1.05. The fourth-order valence-electron chi connectivity index (χ4n) is 1.23. The molecule has 0 spiro atoms. The second-order valence-electron chi connectivity index (χ2n) is 3.60. The van der Waals surface area contributed by atoms with Crippen LogP contribution in [0.4, 0.5) is 4.39 Å². The van der Waals surface area contributed by atoms with Crippen LogP contribution in [0.2, 0.25) is 5.02 Å². The summed E-state index contributed by atoms with van der Waals surface area (Å²) >= 11 is 10.5. The molecule has 1 amide bonds.